The smallest absolute Gasteiger partial charge is 0.257 e. The van der Waals surface area contributed by atoms with Crippen molar-refractivity contribution >= 4 is 11.8 Å². The lowest BCUT2D eigenvalue weighted by Crippen LogP contribution is -2.46. The lowest BCUT2D eigenvalue weighted by molar-refractivity contribution is -0.126. The molecule has 7 heteroatoms. The number of benzene rings is 1. The maximum Gasteiger partial charge on any atom is 0.257 e. The number of rotatable bonds is 6. The third-order valence-electron chi connectivity index (χ3n) is 5.56. The van der Waals surface area contributed by atoms with E-state index < -0.39 is 0 Å². The summed E-state index contributed by atoms with van der Waals surface area (Å²) in [5, 5.41) is 2.94. The molecule has 7 nitrogen and oxygen atoms in total. The van der Waals surface area contributed by atoms with Gasteiger partial charge in [-0.3, -0.25) is 9.59 Å². The Morgan fingerprint density at radius 1 is 1.30 bits per heavy atom. The number of carbonyl (C=O) groups is 2. The molecule has 1 saturated heterocycles. The number of nitrogens with one attached hydrogen (secondary N) is 1. The summed E-state index contributed by atoms with van der Waals surface area (Å²) in [5.41, 5.74) is 1.44. The Hall–Kier alpha value is -2.96. The Morgan fingerprint density at radius 2 is 2.17 bits per heavy atom. The van der Waals surface area contributed by atoms with Crippen LogP contribution >= 0.6 is 0 Å². The second-order valence-corrected chi connectivity index (χ2v) is 8.52. The van der Waals surface area contributed by atoms with E-state index in [1.54, 1.807) is 11.0 Å². The molecule has 0 spiro atoms. The number of hydrogen-bond donors (Lipinski definition) is 1. The number of carbonyl (C=O) groups excluding carboxylic acids is 2. The van der Waals surface area contributed by atoms with Crippen LogP contribution in [0.15, 0.2) is 41.2 Å². The highest BCUT2D eigenvalue weighted by molar-refractivity contribution is 5.94. The monoisotopic (exact) mass is 412 g/mol. The Morgan fingerprint density at radius 3 is 2.97 bits per heavy atom. The van der Waals surface area contributed by atoms with Gasteiger partial charge in [0, 0.05) is 25.1 Å². The molecule has 1 fully saturated rings. The summed E-state index contributed by atoms with van der Waals surface area (Å²) in [6.45, 7) is 5.95. The molecule has 2 aromatic rings. The summed E-state index contributed by atoms with van der Waals surface area (Å²) in [7, 11) is 0. The van der Waals surface area contributed by atoms with Crippen molar-refractivity contribution in [2.75, 3.05) is 26.2 Å². The Bertz CT molecular complexity index is 906. The molecule has 1 unspecified atom stereocenters. The average molecular weight is 412 g/mol. The zero-order valence-electron chi connectivity index (χ0n) is 17.5. The zero-order chi connectivity index (χ0) is 21.1. The predicted molar refractivity (Wildman–Crippen MR) is 111 cm³/mol. The summed E-state index contributed by atoms with van der Waals surface area (Å²) in [6.07, 6.45) is 5.36. The lowest BCUT2D eigenvalue weighted by Gasteiger charge is -2.31. The van der Waals surface area contributed by atoms with Gasteiger partial charge in [-0.2, -0.15) is 0 Å². The number of fused-ring (bicyclic) bond motifs is 1. The van der Waals surface area contributed by atoms with E-state index in [-0.39, 0.29) is 23.3 Å². The van der Waals surface area contributed by atoms with Crippen LogP contribution in [0.3, 0.4) is 0 Å². The van der Waals surface area contributed by atoms with Crippen molar-refractivity contribution in [3.8, 4) is 11.5 Å². The van der Waals surface area contributed by atoms with Gasteiger partial charge in [0.1, 0.15) is 18.5 Å². The van der Waals surface area contributed by atoms with Gasteiger partial charge >= 0.3 is 0 Å². The first kappa shape index (κ1) is 20.3. The van der Waals surface area contributed by atoms with Crippen molar-refractivity contribution in [1.29, 1.82) is 0 Å². The lowest BCUT2D eigenvalue weighted by atomic mass is 9.96. The Labute approximate surface area is 176 Å². The van der Waals surface area contributed by atoms with Gasteiger partial charge in [-0.15, -0.1) is 0 Å². The van der Waals surface area contributed by atoms with E-state index in [0.717, 1.165) is 30.6 Å². The normalized spacial score (nSPS) is 19.7. The van der Waals surface area contributed by atoms with Crippen molar-refractivity contribution in [2.45, 2.75) is 38.7 Å². The van der Waals surface area contributed by atoms with Gasteiger partial charge in [-0.05, 0) is 38.8 Å². The van der Waals surface area contributed by atoms with Crippen LogP contribution in [0.4, 0.5) is 0 Å². The minimum Gasteiger partial charge on any atom is -0.488 e. The predicted octanol–water partition coefficient (Wildman–Crippen LogP) is 3.04. The molecule has 4 rings (SSSR count). The van der Waals surface area contributed by atoms with Crippen LogP contribution in [0.2, 0.25) is 0 Å². The van der Waals surface area contributed by atoms with E-state index in [1.807, 2.05) is 12.1 Å². The highest BCUT2D eigenvalue weighted by Crippen LogP contribution is 2.41. The first-order valence-corrected chi connectivity index (χ1v) is 10.5. The molecule has 0 saturated carbocycles. The summed E-state index contributed by atoms with van der Waals surface area (Å²) in [5.74, 6) is 1.17. The van der Waals surface area contributed by atoms with E-state index in [2.05, 4.69) is 25.2 Å². The summed E-state index contributed by atoms with van der Waals surface area (Å²) >= 11 is 0. The minimum absolute atomic E-state index is 0.0426. The first-order chi connectivity index (χ1) is 14.4. The number of nitrogens with zero attached hydrogens (tertiary/aromatic N) is 1. The van der Waals surface area contributed by atoms with Crippen LogP contribution in [-0.4, -0.2) is 48.6 Å². The SMILES string of the molecule is CC1(C)Cc2cccc(OCCNC(=O)C3CCCN(C(=O)c4ccoc4)C3)c2O1. The van der Waals surface area contributed by atoms with Crippen LogP contribution in [0.5, 0.6) is 11.5 Å². The highest BCUT2D eigenvalue weighted by Gasteiger charge is 2.32. The topological polar surface area (TPSA) is 81.0 Å². The number of ether oxygens (including phenoxy) is 2. The number of furan rings is 1. The van der Waals surface area contributed by atoms with E-state index >= 15 is 0 Å². The number of amides is 2. The van der Waals surface area contributed by atoms with Crippen LogP contribution in [0.1, 0.15) is 42.6 Å². The molecule has 160 valence electrons. The van der Waals surface area contributed by atoms with Gasteiger partial charge in [0.05, 0.1) is 24.3 Å². The molecular formula is C23H28N2O5. The Kier molecular flexibility index (Phi) is 5.70. The molecule has 1 aromatic carbocycles. The number of likely N-dealkylation sites (tertiary alicyclic amines) is 1. The van der Waals surface area contributed by atoms with Gasteiger partial charge in [-0.1, -0.05) is 12.1 Å². The largest absolute Gasteiger partial charge is 0.488 e. The van der Waals surface area contributed by atoms with Crippen molar-refractivity contribution in [3.63, 3.8) is 0 Å². The van der Waals surface area contributed by atoms with Gasteiger partial charge in [0.2, 0.25) is 5.91 Å². The van der Waals surface area contributed by atoms with Gasteiger partial charge in [0.25, 0.3) is 5.91 Å². The molecule has 2 aliphatic rings. The minimum atomic E-state index is -0.225. The van der Waals surface area contributed by atoms with Gasteiger partial charge < -0.3 is 24.1 Å². The molecule has 1 atom stereocenters. The van der Waals surface area contributed by atoms with Crippen molar-refractivity contribution in [3.05, 3.63) is 47.9 Å². The number of para-hydroxylation sites is 1. The first-order valence-electron chi connectivity index (χ1n) is 10.5. The van der Waals surface area contributed by atoms with Crippen molar-refractivity contribution in [1.82, 2.24) is 10.2 Å². The molecule has 0 bridgehead atoms. The third kappa shape index (κ3) is 4.45. The van der Waals surface area contributed by atoms with E-state index in [4.69, 9.17) is 13.9 Å². The second-order valence-electron chi connectivity index (χ2n) is 8.52. The molecule has 0 radical (unpaired) electrons. The maximum atomic E-state index is 12.6. The molecular weight excluding hydrogens is 384 g/mol. The highest BCUT2D eigenvalue weighted by atomic mass is 16.5. The van der Waals surface area contributed by atoms with Gasteiger partial charge in [0.15, 0.2) is 11.5 Å². The van der Waals surface area contributed by atoms with Gasteiger partial charge in [-0.25, -0.2) is 0 Å². The van der Waals surface area contributed by atoms with E-state index in [1.165, 1.54) is 12.5 Å². The average Bonchev–Trinajstić information content (AvgIpc) is 3.37. The Balaban J connectivity index is 1.25. The van der Waals surface area contributed by atoms with Crippen molar-refractivity contribution in [2.24, 2.45) is 5.92 Å². The maximum absolute atomic E-state index is 12.6. The van der Waals surface area contributed by atoms with Crippen LogP contribution in [0.25, 0.3) is 0 Å². The van der Waals surface area contributed by atoms with Crippen molar-refractivity contribution < 1.29 is 23.5 Å². The van der Waals surface area contributed by atoms with Crippen LogP contribution < -0.4 is 14.8 Å². The standard InChI is InChI=1S/C23H28N2O5/c1-23(2)13-16-5-3-7-19(20(16)30-23)29-12-9-24-21(26)17-6-4-10-25(14-17)22(27)18-8-11-28-15-18/h3,5,7-8,11,15,17H,4,6,9-10,12-14H2,1-2H3,(H,24,26). The molecule has 1 N–H and O–H groups in total. The second kappa shape index (κ2) is 8.42. The summed E-state index contributed by atoms with van der Waals surface area (Å²) in [6, 6.07) is 7.56. The van der Waals surface area contributed by atoms with E-state index in [9.17, 15) is 9.59 Å². The van der Waals surface area contributed by atoms with E-state index in [0.29, 0.717) is 37.6 Å². The molecule has 3 heterocycles. The fraction of sp³-hybridized carbons (Fsp3) is 0.478. The zero-order valence-corrected chi connectivity index (χ0v) is 17.5. The van der Waals surface area contributed by atoms with Crippen LogP contribution in [-0.2, 0) is 11.2 Å². The fourth-order valence-electron chi connectivity index (χ4n) is 4.12. The molecule has 2 aliphatic heterocycles. The molecule has 2 amide bonds. The quantitative estimate of drug-likeness (QED) is 0.738. The molecule has 30 heavy (non-hydrogen) atoms. The summed E-state index contributed by atoms with van der Waals surface area (Å²) in [4.78, 5) is 26.8. The molecule has 0 aliphatic carbocycles. The van der Waals surface area contributed by atoms with Crippen LogP contribution in [0, 0.1) is 5.92 Å². The number of hydrogen-bond acceptors (Lipinski definition) is 5. The summed E-state index contributed by atoms with van der Waals surface area (Å²) < 4.78 is 16.9. The third-order valence-corrected chi connectivity index (χ3v) is 5.56. The fourth-order valence-corrected chi connectivity index (χ4v) is 4.12. The molecule has 1 aromatic heterocycles. The number of piperidine rings is 1.